The first kappa shape index (κ1) is 18.4. The highest BCUT2D eigenvalue weighted by Crippen LogP contribution is 2.19. The van der Waals surface area contributed by atoms with Gasteiger partial charge in [0.2, 0.25) is 0 Å². The molecule has 0 spiro atoms. The average Bonchev–Trinajstić information content (AvgIpc) is 2.20. The summed E-state index contributed by atoms with van der Waals surface area (Å²) in [4.78, 5) is 9.63. The van der Waals surface area contributed by atoms with Crippen molar-refractivity contribution in [2.45, 2.75) is 6.92 Å². The summed E-state index contributed by atoms with van der Waals surface area (Å²) in [5.41, 5.74) is 0. The van der Waals surface area contributed by atoms with Gasteiger partial charge in [-0.25, -0.2) is 4.79 Å². The number of rotatable bonds is 3. The molecule has 0 heterocycles. The van der Waals surface area contributed by atoms with Crippen molar-refractivity contribution in [2.75, 3.05) is 13.2 Å². The molecule has 0 aromatic heterocycles. The summed E-state index contributed by atoms with van der Waals surface area (Å²) in [7, 11) is 0. The zero-order valence-electron chi connectivity index (χ0n) is 8.24. The van der Waals surface area contributed by atoms with Gasteiger partial charge in [-0.1, -0.05) is 35.3 Å². The molecule has 1 aromatic carbocycles. The largest absolute Gasteiger partial charge is 0.480 e. The van der Waals surface area contributed by atoms with Crippen molar-refractivity contribution in [3.63, 3.8) is 0 Å². The highest BCUT2D eigenvalue weighted by atomic mass is 35.5. The van der Waals surface area contributed by atoms with Gasteiger partial charge in [-0.15, -0.1) is 0 Å². The van der Waals surface area contributed by atoms with Crippen molar-refractivity contribution in [1.82, 2.24) is 0 Å². The van der Waals surface area contributed by atoms with Crippen molar-refractivity contribution in [3.05, 3.63) is 34.3 Å². The maximum atomic E-state index is 9.63. The van der Waals surface area contributed by atoms with E-state index in [9.17, 15) is 4.79 Å². The molecule has 0 saturated heterocycles. The molecule has 0 atom stereocenters. The Bertz CT molecular complexity index is 287. The summed E-state index contributed by atoms with van der Waals surface area (Å²) in [5.74, 6) is -0.915. The molecular weight excluding hydrogens is 263 g/mol. The van der Waals surface area contributed by atoms with E-state index in [4.69, 9.17) is 28.3 Å². The molecule has 88 valence electrons. The van der Waals surface area contributed by atoms with Crippen LogP contribution in [-0.4, -0.2) is 47.3 Å². The zero-order valence-corrected chi connectivity index (χ0v) is 9.76. The lowest BCUT2D eigenvalue weighted by molar-refractivity contribution is -0.142. The van der Waals surface area contributed by atoms with Crippen LogP contribution in [0.2, 0.25) is 10.0 Å². The zero-order chi connectivity index (χ0) is 11.7. The van der Waals surface area contributed by atoms with Crippen LogP contribution < -0.4 is 0 Å². The van der Waals surface area contributed by atoms with Gasteiger partial charge in [0.1, 0.15) is 6.61 Å². The fourth-order valence-electron chi connectivity index (χ4n) is 0.629. The Morgan fingerprint density at radius 2 is 1.75 bits per heavy atom. The molecule has 0 unspecified atom stereocenters. The van der Waals surface area contributed by atoms with Gasteiger partial charge < -0.3 is 9.84 Å². The molecule has 3 nitrogen and oxygen atoms in total. The number of carboxylic acids is 1. The summed E-state index contributed by atoms with van der Waals surface area (Å²) in [6.45, 7) is 2.03. The van der Waals surface area contributed by atoms with Gasteiger partial charge in [-0.2, -0.15) is 0 Å². The Morgan fingerprint density at radius 1 is 1.31 bits per heavy atom. The highest BCUT2D eigenvalue weighted by molar-refractivity contribution is 6.41. The van der Waals surface area contributed by atoms with E-state index < -0.39 is 5.97 Å². The number of hydrogen-bond acceptors (Lipinski definition) is 2. The van der Waals surface area contributed by atoms with E-state index in [1.165, 1.54) is 0 Å². The van der Waals surface area contributed by atoms with Gasteiger partial charge in [-0.05, 0) is 19.1 Å². The van der Waals surface area contributed by atoms with Gasteiger partial charge in [0.15, 0.2) is 0 Å². The highest BCUT2D eigenvalue weighted by Gasteiger charge is 1.90. The van der Waals surface area contributed by atoms with E-state index in [2.05, 4.69) is 4.74 Å². The standard InChI is InChI=1S/C6H4Cl2.C4H8O3.Mg.2H/c7-5-3-1-2-4-6(5)8;1-2-7-3-4(5)6;;;/h1-4H;2-3H2,1H3,(H,5,6);;;. The third kappa shape index (κ3) is 10.5. The second-order valence-electron chi connectivity index (χ2n) is 2.44. The molecule has 1 aromatic rings. The van der Waals surface area contributed by atoms with Crippen LogP contribution in [0.15, 0.2) is 24.3 Å². The smallest absolute Gasteiger partial charge is 0.329 e. The minimum Gasteiger partial charge on any atom is -0.480 e. The van der Waals surface area contributed by atoms with Crippen LogP contribution >= 0.6 is 23.2 Å². The first-order valence-electron chi connectivity index (χ1n) is 4.27. The summed E-state index contributed by atoms with van der Waals surface area (Å²) in [5, 5.41) is 9.13. The second kappa shape index (κ2) is 11.5. The Morgan fingerprint density at radius 3 is 1.94 bits per heavy atom. The van der Waals surface area contributed by atoms with Crippen molar-refractivity contribution < 1.29 is 14.6 Å². The number of carboxylic acid groups (broad SMARTS) is 1. The van der Waals surface area contributed by atoms with Crippen molar-refractivity contribution in [1.29, 1.82) is 0 Å². The molecule has 1 N–H and O–H groups in total. The number of aliphatic carboxylic acids is 1. The van der Waals surface area contributed by atoms with Crippen LogP contribution in [0.3, 0.4) is 0 Å². The lowest BCUT2D eigenvalue weighted by atomic mass is 10.4. The Kier molecular flexibility index (Phi) is 13.2. The summed E-state index contributed by atoms with van der Waals surface area (Å²) in [6.07, 6.45) is 0. The molecule has 0 amide bonds. The summed E-state index contributed by atoms with van der Waals surface area (Å²) in [6, 6.07) is 7.19. The van der Waals surface area contributed by atoms with Gasteiger partial charge in [0.05, 0.1) is 10.0 Å². The maximum Gasteiger partial charge on any atom is 0.329 e. The van der Waals surface area contributed by atoms with Crippen molar-refractivity contribution in [2.24, 2.45) is 0 Å². The molecule has 1 rings (SSSR count). The van der Waals surface area contributed by atoms with Crippen molar-refractivity contribution >= 4 is 52.2 Å². The van der Waals surface area contributed by atoms with E-state index in [0.29, 0.717) is 16.7 Å². The molecule has 0 saturated carbocycles. The normalized spacial score (nSPS) is 8.44. The summed E-state index contributed by atoms with van der Waals surface area (Å²) >= 11 is 11.2. The maximum absolute atomic E-state index is 9.63. The number of carbonyl (C=O) groups is 1. The molecule has 16 heavy (non-hydrogen) atoms. The van der Waals surface area contributed by atoms with Gasteiger partial charge in [0.25, 0.3) is 0 Å². The molecule has 0 radical (unpaired) electrons. The quantitative estimate of drug-likeness (QED) is 0.862. The number of ether oxygens (including phenoxy) is 1. The van der Waals surface area contributed by atoms with Gasteiger partial charge >= 0.3 is 29.0 Å². The molecular formula is C10H14Cl2MgO3. The predicted octanol–water partition coefficient (Wildman–Crippen LogP) is 2.18. The molecule has 0 aliphatic rings. The van der Waals surface area contributed by atoms with E-state index >= 15 is 0 Å². The fraction of sp³-hybridized carbons (Fsp3) is 0.300. The lowest BCUT2D eigenvalue weighted by Gasteiger charge is -1.90. The van der Waals surface area contributed by atoms with Crippen LogP contribution in [0, 0.1) is 0 Å². The molecule has 6 heteroatoms. The Labute approximate surface area is 121 Å². The SMILES string of the molecule is CCOCC(=O)O.Clc1ccccc1Cl.[MgH2]. The second-order valence-corrected chi connectivity index (χ2v) is 3.26. The third-order valence-corrected chi connectivity index (χ3v) is 2.01. The van der Waals surface area contributed by atoms with Crippen LogP contribution in [0.1, 0.15) is 6.92 Å². The van der Waals surface area contributed by atoms with Gasteiger partial charge in [0, 0.05) is 6.61 Å². The minimum absolute atomic E-state index is 0. The van der Waals surface area contributed by atoms with Crippen LogP contribution in [0.4, 0.5) is 0 Å². The fourth-order valence-corrected chi connectivity index (χ4v) is 0.900. The van der Waals surface area contributed by atoms with E-state index in [0.717, 1.165) is 0 Å². The van der Waals surface area contributed by atoms with Crippen LogP contribution in [0.25, 0.3) is 0 Å². The lowest BCUT2D eigenvalue weighted by Crippen LogP contribution is -2.05. The molecule has 0 fully saturated rings. The molecule has 0 bridgehead atoms. The molecule has 0 aliphatic heterocycles. The number of hydrogen-bond donors (Lipinski definition) is 1. The minimum atomic E-state index is -0.915. The van der Waals surface area contributed by atoms with Gasteiger partial charge in [-0.3, -0.25) is 0 Å². The topological polar surface area (TPSA) is 46.5 Å². The van der Waals surface area contributed by atoms with E-state index in [1.54, 1.807) is 19.1 Å². The number of halogens is 2. The van der Waals surface area contributed by atoms with Crippen LogP contribution in [-0.2, 0) is 9.53 Å². The van der Waals surface area contributed by atoms with E-state index in [1.807, 2.05) is 12.1 Å². The van der Waals surface area contributed by atoms with Crippen molar-refractivity contribution in [3.8, 4) is 0 Å². The average molecular weight is 277 g/mol. The first-order chi connectivity index (χ1) is 7.07. The first-order valence-corrected chi connectivity index (χ1v) is 5.03. The van der Waals surface area contributed by atoms with Crippen LogP contribution in [0.5, 0.6) is 0 Å². The third-order valence-electron chi connectivity index (χ3n) is 1.25. The monoisotopic (exact) mass is 276 g/mol. The molecule has 0 aliphatic carbocycles. The summed E-state index contributed by atoms with van der Waals surface area (Å²) < 4.78 is 4.50. The number of benzene rings is 1. The van der Waals surface area contributed by atoms with E-state index in [-0.39, 0.29) is 29.7 Å². The Hall–Kier alpha value is -0.00377. The Balaban J connectivity index is 0. The predicted molar refractivity (Wildman–Crippen MR) is 69.1 cm³/mol.